The van der Waals surface area contributed by atoms with E-state index >= 15 is 0 Å². The van der Waals surface area contributed by atoms with Crippen LogP contribution in [0.15, 0.2) is 29.2 Å². The van der Waals surface area contributed by atoms with E-state index in [0.29, 0.717) is 6.07 Å². The Kier molecular flexibility index (Phi) is 4.53. The first-order valence-corrected chi connectivity index (χ1v) is 6.48. The molecule has 0 amide bonds. The van der Waals surface area contributed by atoms with Crippen molar-refractivity contribution in [2.75, 3.05) is 6.54 Å². The number of aliphatic carboxylic acids is 1. The third kappa shape index (κ3) is 4.52. The fourth-order valence-corrected chi connectivity index (χ4v) is 2.29. The van der Waals surface area contributed by atoms with E-state index in [2.05, 4.69) is 0 Å². The summed E-state index contributed by atoms with van der Waals surface area (Å²) in [5.74, 6) is -1.47. The molecule has 0 fully saturated rings. The van der Waals surface area contributed by atoms with Gasteiger partial charge in [0.15, 0.2) is 0 Å². The summed E-state index contributed by atoms with van der Waals surface area (Å²) in [7, 11) is -4.18. The molecule has 0 aliphatic heterocycles. The summed E-state index contributed by atoms with van der Waals surface area (Å²) in [4.78, 5) is 9.53. The molecule has 0 spiro atoms. The number of carbonyl (C=O) groups is 1. The van der Waals surface area contributed by atoms with E-state index in [1.807, 2.05) is 4.72 Å². The molecule has 0 aliphatic carbocycles. The molecule has 1 rings (SSSR count). The van der Waals surface area contributed by atoms with Crippen molar-refractivity contribution < 1.29 is 31.5 Å². The van der Waals surface area contributed by atoms with E-state index in [9.17, 15) is 31.5 Å². The van der Waals surface area contributed by atoms with Gasteiger partial charge in [0, 0.05) is 18.9 Å². The van der Waals surface area contributed by atoms with Gasteiger partial charge in [-0.1, -0.05) is 6.07 Å². The highest BCUT2D eigenvalue weighted by Crippen LogP contribution is 2.30. The van der Waals surface area contributed by atoms with Gasteiger partial charge in [0.1, 0.15) is 0 Å². The maximum Gasteiger partial charge on any atom is 0.416 e. The number of rotatable bonds is 5. The molecule has 0 aromatic heterocycles. The lowest BCUT2D eigenvalue weighted by Gasteiger charge is -2.10. The lowest BCUT2D eigenvalue weighted by molar-refractivity contribution is -0.305. The van der Waals surface area contributed by atoms with Gasteiger partial charge in [0.25, 0.3) is 0 Å². The Morgan fingerprint density at radius 2 is 1.95 bits per heavy atom. The first-order chi connectivity index (χ1) is 8.63. The summed E-state index contributed by atoms with van der Waals surface area (Å²) in [5.41, 5.74) is -1.10. The van der Waals surface area contributed by atoms with Crippen molar-refractivity contribution >= 4 is 16.0 Å². The van der Waals surface area contributed by atoms with Crippen LogP contribution in [0.4, 0.5) is 13.2 Å². The van der Waals surface area contributed by atoms with E-state index < -0.39 is 45.6 Å². The minimum atomic E-state index is -4.66. The maximum absolute atomic E-state index is 12.4. The number of hydrogen-bond acceptors (Lipinski definition) is 4. The van der Waals surface area contributed by atoms with Crippen LogP contribution < -0.4 is 9.83 Å². The Morgan fingerprint density at radius 1 is 1.32 bits per heavy atom. The van der Waals surface area contributed by atoms with Gasteiger partial charge >= 0.3 is 6.18 Å². The first-order valence-electron chi connectivity index (χ1n) is 5.00. The van der Waals surface area contributed by atoms with Crippen LogP contribution in [0.1, 0.15) is 12.0 Å². The summed E-state index contributed by atoms with van der Waals surface area (Å²) in [6, 6.07) is 3.15. The molecule has 1 N–H and O–H groups in total. The summed E-state index contributed by atoms with van der Waals surface area (Å²) >= 11 is 0. The van der Waals surface area contributed by atoms with Gasteiger partial charge in [-0.3, -0.25) is 0 Å². The smallest absolute Gasteiger partial charge is 0.416 e. The fourth-order valence-electron chi connectivity index (χ4n) is 1.21. The topological polar surface area (TPSA) is 86.3 Å². The molecular weight excluding hydrogens is 287 g/mol. The van der Waals surface area contributed by atoms with Crippen LogP contribution >= 0.6 is 0 Å². The predicted molar refractivity (Wildman–Crippen MR) is 56.3 cm³/mol. The van der Waals surface area contributed by atoms with Gasteiger partial charge in [-0.25, -0.2) is 13.1 Å². The molecule has 0 aliphatic rings. The third-order valence-electron chi connectivity index (χ3n) is 2.09. The van der Waals surface area contributed by atoms with Crippen molar-refractivity contribution in [3.05, 3.63) is 29.8 Å². The van der Waals surface area contributed by atoms with E-state index in [-0.39, 0.29) is 0 Å². The number of carboxylic acids is 1. The highest BCUT2D eigenvalue weighted by Gasteiger charge is 2.31. The number of benzene rings is 1. The summed E-state index contributed by atoms with van der Waals surface area (Å²) < 4.78 is 62.3. The summed E-state index contributed by atoms with van der Waals surface area (Å²) in [6.07, 6.45) is -5.23. The molecule has 0 heterocycles. The summed E-state index contributed by atoms with van der Waals surface area (Å²) in [5, 5.41) is 10.1. The normalized spacial score (nSPS) is 12.4. The van der Waals surface area contributed by atoms with E-state index in [4.69, 9.17) is 0 Å². The SMILES string of the molecule is O=C([O-])CCNS(=O)(=O)c1cccc(C(F)(F)F)c1. The average Bonchev–Trinajstić information content (AvgIpc) is 2.27. The number of hydrogen-bond donors (Lipinski definition) is 1. The minimum Gasteiger partial charge on any atom is -0.550 e. The molecule has 9 heteroatoms. The molecule has 0 atom stereocenters. The molecule has 5 nitrogen and oxygen atoms in total. The van der Waals surface area contributed by atoms with Crippen molar-refractivity contribution in [1.29, 1.82) is 0 Å². The van der Waals surface area contributed by atoms with Crippen LogP contribution in [0.2, 0.25) is 0 Å². The Balaban J connectivity index is 2.93. The second-order valence-electron chi connectivity index (χ2n) is 3.55. The average molecular weight is 296 g/mol. The molecule has 0 bridgehead atoms. The van der Waals surface area contributed by atoms with Crippen LogP contribution in [0.25, 0.3) is 0 Å². The van der Waals surface area contributed by atoms with Crippen LogP contribution in [0, 0.1) is 0 Å². The number of sulfonamides is 1. The monoisotopic (exact) mass is 296 g/mol. The van der Waals surface area contributed by atoms with Crippen LogP contribution in [0.3, 0.4) is 0 Å². The molecular formula is C10H9F3NO4S-. The second-order valence-corrected chi connectivity index (χ2v) is 5.31. The number of carboxylic acid groups (broad SMARTS) is 1. The minimum absolute atomic E-state index is 0.457. The predicted octanol–water partition coefficient (Wildman–Crippen LogP) is 0.124. The molecule has 0 radical (unpaired) electrons. The van der Waals surface area contributed by atoms with Crippen LogP contribution in [-0.4, -0.2) is 20.9 Å². The second kappa shape index (κ2) is 5.57. The quantitative estimate of drug-likeness (QED) is 0.836. The zero-order valence-electron chi connectivity index (χ0n) is 9.40. The van der Waals surface area contributed by atoms with E-state index in [1.54, 1.807) is 0 Å². The van der Waals surface area contributed by atoms with Crippen LogP contribution in [0.5, 0.6) is 0 Å². The highest BCUT2D eigenvalue weighted by atomic mass is 32.2. The molecule has 0 saturated carbocycles. The Morgan fingerprint density at radius 3 is 2.47 bits per heavy atom. The number of carbonyl (C=O) groups excluding carboxylic acids is 1. The Hall–Kier alpha value is -1.61. The highest BCUT2D eigenvalue weighted by molar-refractivity contribution is 7.89. The van der Waals surface area contributed by atoms with Gasteiger partial charge in [-0.2, -0.15) is 13.2 Å². The van der Waals surface area contributed by atoms with E-state index in [0.717, 1.165) is 18.2 Å². The molecule has 106 valence electrons. The first kappa shape index (κ1) is 15.4. The van der Waals surface area contributed by atoms with Gasteiger partial charge in [-0.05, 0) is 18.2 Å². The molecule has 0 unspecified atom stereocenters. The maximum atomic E-state index is 12.4. The van der Waals surface area contributed by atoms with E-state index in [1.165, 1.54) is 0 Å². The molecule has 0 saturated heterocycles. The molecule has 19 heavy (non-hydrogen) atoms. The van der Waals surface area contributed by atoms with Crippen molar-refractivity contribution in [1.82, 2.24) is 4.72 Å². The number of alkyl halides is 3. The summed E-state index contributed by atoms with van der Waals surface area (Å²) in [6.45, 7) is -0.457. The zero-order chi connectivity index (χ0) is 14.7. The number of nitrogens with one attached hydrogen (secondary N) is 1. The molecule has 1 aromatic rings. The lowest BCUT2D eigenvalue weighted by Crippen LogP contribution is -2.31. The Bertz CT molecular complexity index is 568. The Labute approximate surface area is 107 Å². The number of halogens is 3. The lowest BCUT2D eigenvalue weighted by atomic mass is 10.2. The van der Waals surface area contributed by atoms with Crippen LogP contribution in [-0.2, 0) is 21.0 Å². The van der Waals surface area contributed by atoms with Gasteiger partial charge in [0.05, 0.1) is 10.5 Å². The van der Waals surface area contributed by atoms with Crippen molar-refractivity contribution in [3.8, 4) is 0 Å². The fraction of sp³-hybridized carbons (Fsp3) is 0.300. The third-order valence-corrected chi connectivity index (χ3v) is 3.55. The van der Waals surface area contributed by atoms with Crippen molar-refractivity contribution in [2.45, 2.75) is 17.5 Å². The van der Waals surface area contributed by atoms with Gasteiger partial charge in [-0.15, -0.1) is 0 Å². The van der Waals surface area contributed by atoms with Gasteiger partial charge < -0.3 is 9.90 Å². The zero-order valence-corrected chi connectivity index (χ0v) is 10.2. The van der Waals surface area contributed by atoms with Gasteiger partial charge in [0.2, 0.25) is 10.0 Å². The van der Waals surface area contributed by atoms with Crippen molar-refractivity contribution in [2.24, 2.45) is 0 Å². The largest absolute Gasteiger partial charge is 0.550 e. The standard InChI is InChI=1S/C10H10F3NO4S/c11-10(12,13)7-2-1-3-8(6-7)19(17,18)14-5-4-9(15)16/h1-3,6,14H,4-5H2,(H,15,16)/p-1. The molecule has 1 aromatic carbocycles. The van der Waals surface area contributed by atoms with Crippen molar-refractivity contribution in [3.63, 3.8) is 0 Å².